The largest absolute Gasteiger partial charge is 0.326 e. The summed E-state index contributed by atoms with van der Waals surface area (Å²) >= 11 is 0. The van der Waals surface area contributed by atoms with E-state index in [0.29, 0.717) is 6.54 Å². The zero-order valence-electron chi connectivity index (χ0n) is 10.4. The zero-order chi connectivity index (χ0) is 11.7. The van der Waals surface area contributed by atoms with Crippen LogP contribution < -0.4 is 5.73 Å². The number of hydrogen-bond donors (Lipinski definition) is 1. The van der Waals surface area contributed by atoms with E-state index < -0.39 is 0 Å². The zero-order valence-corrected chi connectivity index (χ0v) is 10.4. The first-order valence-corrected chi connectivity index (χ1v) is 6.84. The normalized spacial score (nSPS) is 27.8. The summed E-state index contributed by atoms with van der Waals surface area (Å²) in [6, 6.07) is 8.60. The third-order valence-corrected chi connectivity index (χ3v) is 4.40. The summed E-state index contributed by atoms with van der Waals surface area (Å²) in [7, 11) is 0. The maximum Gasteiger partial charge on any atom is 0.0180 e. The van der Waals surface area contributed by atoms with Crippen LogP contribution in [0.1, 0.15) is 24.0 Å². The SMILES string of the molecule is NCc1ccccc1CCN1CC2CC(C2)C1. The highest BCUT2D eigenvalue weighted by atomic mass is 15.1. The van der Waals surface area contributed by atoms with Gasteiger partial charge in [0.2, 0.25) is 0 Å². The van der Waals surface area contributed by atoms with Crippen molar-refractivity contribution in [1.82, 2.24) is 4.90 Å². The number of nitrogens with two attached hydrogens (primary N) is 1. The summed E-state index contributed by atoms with van der Waals surface area (Å²) in [4.78, 5) is 2.65. The van der Waals surface area contributed by atoms with E-state index in [9.17, 15) is 0 Å². The third kappa shape index (κ3) is 2.38. The average Bonchev–Trinajstić information content (AvgIpc) is 2.36. The van der Waals surface area contributed by atoms with Gasteiger partial charge in [0, 0.05) is 26.2 Å². The molecule has 0 unspecified atom stereocenters. The summed E-state index contributed by atoms with van der Waals surface area (Å²) in [5.41, 5.74) is 8.53. The molecule has 2 heterocycles. The smallest absolute Gasteiger partial charge is 0.0180 e. The Balaban J connectivity index is 1.56. The molecule has 0 amide bonds. The molecule has 3 aliphatic rings. The number of hydrogen-bond acceptors (Lipinski definition) is 2. The monoisotopic (exact) mass is 230 g/mol. The molecule has 3 fully saturated rings. The van der Waals surface area contributed by atoms with Gasteiger partial charge < -0.3 is 10.6 Å². The van der Waals surface area contributed by atoms with Crippen LogP contribution in [0.4, 0.5) is 0 Å². The molecule has 1 aromatic rings. The third-order valence-electron chi connectivity index (χ3n) is 4.40. The van der Waals surface area contributed by atoms with Crippen LogP contribution in [-0.4, -0.2) is 24.5 Å². The molecule has 2 heteroatoms. The summed E-state index contributed by atoms with van der Waals surface area (Å²) < 4.78 is 0. The average molecular weight is 230 g/mol. The van der Waals surface area contributed by atoms with Crippen molar-refractivity contribution in [2.24, 2.45) is 17.6 Å². The summed E-state index contributed by atoms with van der Waals surface area (Å²) in [5, 5.41) is 0. The molecular weight excluding hydrogens is 208 g/mol. The van der Waals surface area contributed by atoms with Gasteiger partial charge >= 0.3 is 0 Å². The Kier molecular flexibility index (Phi) is 3.17. The van der Waals surface area contributed by atoms with E-state index in [1.807, 2.05) is 0 Å². The van der Waals surface area contributed by atoms with Crippen molar-refractivity contribution in [3.8, 4) is 0 Å². The quantitative estimate of drug-likeness (QED) is 0.857. The van der Waals surface area contributed by atoms with E-state index in [2.05, 4.69) is 29.2 Å². The molecule has 92 valence electrons. The van der Waals surface area contributed by atoms with Gasteiger partial charge in [0.05, 0.1) is 0 Å². The van der Waals surface area contributed by atoms with Crippen molar-refractivity contribution < 1.29 is 0 Å². The molecular formula is C15H22N2. The van der Waals surface area contributed by atoms with Gasteiger partial charge in [-0.3, -0.25) is 0 Å². The summed E-state index contributed by atoms with van der Waals surface area (Å²) in [6.07, 6.45) is 4.15. The Morgan fingerprint density at radius 3 is 2.35 bits per heavy atom. The minimum absolute atomic E-state index is 0.668. The molecule has 4 rings (SSSR count). The molecule has 1 saturated carbocycles. The highest BCUT2D eigenvalue weighted by molar-refractivity contribution is 5.27. The van der Waals surface area contributed by atoms with Crippen LogP contribution in [0.2, 0.25) is 0 Å². The van der Waals surface area contributed by atoms with Crippen LogP contribution >= 0.6 is 0 Å². The fraction of sp³-hybridized carbons (Fsp3) is 0.600. The van der Waals surface area contributed by atoms with Crippen molar-refractivity contribution >= 4 is 0 Å². The molecule has 0 aromatic heterocycles. The molecule has 2 saturated heterocycles. The van der Waals surface area contributed by atoms with Crippen LogP contribution in [0.5, 0.6) is 0 Å². The fourth-order valence-corrected chi connectivity index (χ4v) is 3.44. The first-order valence-electron chi connectivity index (χ1n) is 6.84. The predicted octanol–water partition coefficient (Wildman–Crippen LogP) is 2.03. The molecule has 1 aliphatic carbocycles. The molecule has 17 heavy (non-hydrogen) atoms. The lowest BCUT2D eigenvalue weighted by Gasteiger charge is -2.47. The molecule has 2 bridgehead atoms. The van der Waals surface area contributed by atoms with Crippen molar-refractivity contribution in [2.75, 3.05) is 19.6 Å². The maximum absolute atomic E-state index is 5.77. The standard InChI is InChI=1S/C15H22N2/c16-9-15-4-2-1-3-14(15)5-6-17-10-12-7-13(8-12)11-17/h1-4,12-13H,5-11,16H2. The van der Waals surface area contributed by atoms with Crippen LogP contribution in [0, 0.1) is 11.8 Å². The van der Waals surface area contributed by atoms with Crippen LogP contribution in [0.25, 0.3) is 0 Å². The van der Waals surface area contributed by atoms with Crippen LogP contribution in [0.15, 0.2) is 24.3 Å². The van der Waals surface area contributed by atoms with E-state index in [-0.39, 0.29) is 0 Å². The summed E-state index contributed by atoms with van der Waals surface area (Å²) in [6.45, 7) is 4.55. The van der Waals surface area contributed by atoms with Crippen molar-refractivity contribution in [3.63, 3.8) is 0 Å². The number of piperidine rings is 2. The van der Waals surface area contributed by atoms with Crippen molar-refractivity contribution in [2.45, 2.75) is 25.8 Å². The lowest BCUT2D eigenvalue weighted by atomic mass is 9.71. The molecule has 0 radical (unpaired) electrons. The van der Waals surface area contributed by atoms with E-state index in [0.717, 1.165) is 18.3 Å². The summed E-state index contributed by atoms with van der Waals surface area (Å²) in [5.74, 6) is 2.03. The molecule has 2 N–H and O–H groups in total. The predicted molar refractivity (Wildman–Crippen MR) is 70.7 cm³/mol. The van der Waals surface area contributed by atoms with Gasteiger partial charge in [0.25, 0.3) is 0 Å². The minimum Gasteiger partial charge on any atom is -0.326 e. The molecule has 2 aliphatic heterocycles. The van der Waals surface area contributed by atoms with Gasteiger partial charge in [0.15, 0.2) is 0 Å². The first kappa shape index (κ1) is 11.2. The van der Waals surface area contributed by atoms with Gasteiger partial charge in [-0.25, -0.2) is 0 Å². The van der Waals surface area contributed by atoms with Crippen LogP contribution in [-0.2, 0) is 13.0 Å². The van der Waals surface area contributed by atoms with E-state index in [1.54, 1.807) is 0 Å². The molecule has 0 spiro atoms. The van der Waals surface area contributed by atoms with Crippen LogP contribution in [0.3, 0.4) is 0 Å². The second kappa shape index (κ2) is 4.79. The Labute approximate surface area is 104 Å². The second-order valence-corrected chi connectivity index (χ2v) is 5.69. The Hall–Kier alpha value is -0.860. The number of fused-ring (bicyclic) bond motifs is 2. The number of rotatable bonds is 4. The van der Waals surface area contributed by atoms with Gasteiger partial charge in [-0.1, -0.05) is 24.3 Å². The fourth-order valence-electron chi connectivity index (χ4n) is 3.44. The van der Waals surface area contributed by atoms with Gasteiger partial charge in [-0.2, -0.15) is 0 Å². The lowest BCUT2D eigenvalue weighted by molar-refractivity contribution is 0.0284. The second-order valence-electron chi connectivity index (χ2n) is 5.69. The Bertz CT molecular complexity index is 372. The van der Waals surface area contributed by atoms with E-state index >= 15 is 0 Å². The number of benzene rings is 1. The lowest BCUT2D eigenvalue weighted by Crippen LogP contribution is -2.49. The Morgan fingerprint density at radius 2 is 1.71 bits per heavy atom. The van der Waals surface area contributed by atoms with Gasteiger partial charge in [-0.15, -0.1) is 0 Å². The highest BCUT2D eigenvalue weighted by Crippen LogP contribution is 2.39. The van der Waals surface area contributed by atoms with Gasteiger partial charge in [-0.05, 0) is 42.2 Å². The molecule has 0 atom stereocenters. The first-order chi connectivity index (χ1) is 8.35. The van der Waals surface area contributed by atoms with E-state index in [1.165, 1.54) is 43.6 Å². The topological polar surface area (TPSA) is 29.3 Å². The van der Waals surface area contributed by atoms with Crippen molar-refractivity contribution in [3.05, 3.63) is 35.4 Å². The van der Waals surface area contributed by atoms with E-state index in [4.69, 9.17) is 5.73 Å². The minimum atomic E-state index is 0.668. The Morgan fingerprint density at radius 1 is 1.06 bits per heavy atom. The molecule has 1 aromatic carbocycles. The van der Waals surface area contributed by atoms with Crippen molar-refractivity contribution in [1.29, 1.82) is 0 Å². The maximum atomic E-state index is 5.77. The highest BCUT2D eigenvalue weighted by Gasteiger charge is 2.36. The number of nitrogens with zero attached hydrogens (tertiary/aromatic N) is 1. The molecule has 2 nitrogen and oxygen atoms in total. The van der Waals surface area contributed by atoms with Gasteiger partial charge in [0.1, 0.15) is 0 Å².